The summed E-state index contributed by atoms with van der Waals surface area (Å²) in [6, 6.07) is 7.07. The summed E-state index contributed by atoms with van der Waals surface area (Å²) >= 11 is 3.39. The van der Waals surface area contributed by atoms with Crippen LogP contribution in [0, 0.1) is 11.3 Å². The lowest BCUT2D eigenvalue weighted by Gasteiger charge is -2.22. The first-order valence-corrected chi connectivity index (χ1v) is 9.09. The lowest BCUT2D eigenvalue weighted by molar-refractivity contribution is -0.124. The molecule has 0 bridgehead atoms. The molecule has 132 valence electrons. The first-order valence-electron chi connectivity index (χ1n) is 8.30. The highest BCUT2D eigenvalue weighted by Gasteiger charge is 2.34. The van der Waals surface area contributed by atoms with Gasteiger partial charge < -0.3 is 9.80 Å². The number of rotatable bonds is 3. The molecule has 26 heavy (non-hydrogen) atoms. The van der Waals surface area contributed by atoms with Crippen molar-refractivity contribution >= 4 is 27.7 Å². The molecular formula is C20H18BrN3O2. The molecule has 5 nitrogen and oxygen atoms in total. The molecular weight excluding hydrogens is 394 g/mol. The van der Waals surface area contributed by atoms with Crippen LogP contribution in [0.1, 0.15) is 22.8 Å². The molecule has 2 aliphatic rings. The Bertz CT molecular complexity index is 875. The second-order valence-electron chi connectivity index (χ2n) is 6.25. The molecule has 0 fully saturated rings. The maximum atomic E-state index is 12.8. The Labute approximate surface area is 161 Å². The number of amides is 2. The van der Waals surface area contributed by atoms with Gasteiger partial charge in [-0.05, 0) is 52.2 Å². The van der Waals surface area contributed by atoms with Crippen LogP contribution in [0.4, 0.5) is 0 Å². The molecule has 3 rings (SSSR count). The van der Waals surface area contributed by atoms with Gasteiger partial charge in [-0.2, -0.15) is 5.26 Å². The summed E-state index contributed by atoms with van der Waals surface area (Å²) in [4.78, 5) is 28.5. The number of benzene rings is 1. The average molecular weight is 412 g/mol. The number of halogens is 1. The number of allylic oxidation sites excluding steroid dienone is 3. The lowest BCUT2D eigenvalue weighted by atomic mass is 10.1. The predicted octanol–water partition coefficient (Wildman–Crippen LogP) is 3.05. The number of nitrogens with zero attached hydrogens (tertiary/aromatic N) is 3. The Morgan fingerprint density at radius 3 is 2.38 bits per heavy atom. The Morgan fingerprint density at radius 2 is 1.77 bits per heavy atom. The summed E-state index contributed by atoms with van der Waals surface area (Å²) in [6.45, 7) is 4.09. The van der Waals surface area contributed by atoms with Gasteiger partial charge in [0.25, 0.3) is 5.91 Å². The monoisotopic (exact) mass is 411 g/mol. The van der Waals surface area contributed by atoms with Crippen molar-refractivity contribution in [3.63, 3.8) is 0 Å². The summed E-state index contributed by atoms with van der Waals surface area (Å²) in [5.74, 6) is -0.117. The first kappa shape index (κ1) is 18.2. The highest BCUT2D eigenvalue weighted by atomic mass is 79.9. The molecule has 0 unspecified atom stereocenters. The van der Waals surface area contributed by atoms with E-state index in [-0.39, 0.29) is 11.8 Å². The lowest BCUT2D eigenvalue weighted by Crippen LogP contribution is -2.36. The fraction of sp³-hybridized carbons (Fsp3) is 0.250. The van der Waals surface area contributed by atoms with Crippen LogP contribution in [-0.4, -0.2) is 47.8 Å². The van der Waals surface area contributed by atoms with E-state index in [2.05, 4.69) is 22.0 Å². The zero-order chi connectivity index (χ0) is 18.7. The van der Waals surface area contributed by atoms with Crippen LogP contribution in [0.5, 0.6) is 0 Å². The van der Waals surface area contributed by atoms with Crippen molar-refractivity contribution < 1.29 is 9.59 Å². The van der Waals surface area contributed by atoms with Crippen molar-refractivity contribution in [3.8, 4) is 6.07 Å². The van der Waals surface area contributed by atoms with Gasteiger partial charge in [-0.3, -0.25) is 9.59 Å². The maximum absolute atomic E-state index is 12.8. The fourth-order valence-electron chi connectivity index (χ4n) is 3.16. The van der Waals surface area contributed by atoms with Crippen molar-refractivity contribution in [2.24, 2.45) is 0 Å². The van der Waals surface area contributed by atoms with Gasteiger partial charge >= 0.3 is 0 Å². The Kier molecular flexibility index (Phi) is 5.38. The van der Waals surface area contributed by atoms with Gasteiger partial charge in [0.1, 0.15) is 0 Å². The molecule has 0 spiro atoms. The second kappa shape index (κ2) is 7.71. The van der Waals surface area contributed by atoms with E-state index in [0.717, 1.165) is 11.1 Å². The highest BCUT2D eigenvalue weighted by Crippen LogP contribution is 2.28. The Hall–Kier alpha value is -2.65. The smallest absolute Gasteiger partial charge is 0.255 e. The first-order chi connectivity index (χ1) is 12.5. The number of hydrogen-bond acceptors (Lipinski definition) is 3. The minimum absolute atomic E-state index is 0.0140. The van der Waals surface area contributed by atoms with Gasteiger partial charge in [0.15, 0.2) is 0 Å². The zero-order valence-electron chi connectivity index (χ0n) is 14.4. The quantitative estimate of drug-likeness (QED) is 0.436. The Balaban J connectivity index is 1.65. The number of carbonyl (C=O) groups excluding carboxylic acids is 2. The van der Waals surface area contributed by atoms with E-state index in [1.165, 1.54) is 0 Å². The van der Waals surface area contributed by atoms with Gasteiger partial charge in [0.05, 0.1) is 17.2 Å². The standard InChI is InChI=1S/C20H18BrN3O2/c1-2-3-4-5-19(25)23-10-15-12-24(13-16(15)11-23)20(26)17-8-14(9-22)6-7-18(17)21/h2-8H,10-13H2,1H3/b3-2+,5-4+. The fourth-order valence-corrected chi connectivity index (χ4v) is 3.58. The number of nitriles is 1. The van der Waals surface area contributed by atoms with Crippen LogP contribution >= 0.6 is 15.9 Å². The molecule has 2 aliphatic heterocycles. The van der Waals surface area contributed by atoms with Crippen molar-refractivity contribution in [3.05, 3.63) is 69.2 Å². The summed E-state index contributed by atoms with van der Waals surface area (Å²) in [5.41, 5.74) is 3.23. The third-order valence-electron chi connectivity index (χ3n) is 4.49. The molecule has 0 radical (unpaired) electrons. The zero-order valence-corrected chi connectivity index (χ0v) is 16.0. The molecule has 0 aromatic heterocycles. The topological polar surface area (TPSA) is 64.4 Å². The van der Waals surface area contributed by atoms with Crippen LogP contribution in [0.3, 0.4) is 0 Å². The van der Waals surface area contributed by atoms with Crippen molar-refractivity contribution in [1.82, 2.24) is 9.80 Å². The predicted molar refractivity (Wildman–Crippen MR) is 102 cm³/mol. The SMILES string of the molecule is C/C=C/C=C/C(=O)N1CC2=C(C1)CN(C(=O)c1cc(C#N)ccc1Br)C2. The van der Waals surface area contributed by atoms with E-state index in [1.54, 1.807) is 40.2 Å². The molecule has 0 saturated heterocycles. The van der Waals surface area contributed by atoms with Gasteiger partial charge in [0.2, 0.25) is 5.91 Å². The van der Waals surface area contributed by atoms with Crippen LogP contribution in [0.25, 0.3) is 0 Å². The summed E-state index contributed by atoms with van der Waals surface area (Å²) in [6.07, 6.45) is 6.99. The van der Waals surface area contributed by atoms with E-state index >= 15 is 0 Å². The molecule has 0 N–H and O–H groups in total. The Morgan fingerprint density at radius 1 is 1.12 bits per heavy atom. The van der Waals surface area contributed by atoms with Gasteiger partial charge in [-0.25, -0.2) is 0 Å². The van der Waals surface area contributed by atoms with Crippen LogP contribution < -0.4 is 0 Å². The molecule has 2 amide bonds. The molecule has 6 heteroatoms. The van der Waals surface area contributed by atoms with Crippen molar-refractivity contribution in [2.45, 2.75) is 6.92 Å². The minimum Gasteiger partial charge on any atom is -0.331 e. The molecule has 0 saturated carbocycles. The van der Waals surface area contributed by atoms with Crippen LogP contribution in [0.2, 0.25) is 0 Å². The van der Waals surface area contributed by atoms with E-state index < -0.39 is 0 Å². The molecule has 2 heterocycles. The molecule has 1 aromatic rings. The maximum Gasteiger partial charge on any atom is 0.255 e. The highest BCUT2D eigenvalue weighted by molar-refractivity contribution is 9.10. The third kappa shape index (κ3) is 3.63. The van der Waals surface area contributed by atoms with Crippen molar-refractivity contribution in [2.75, 3.05) is 26.2 Å². The molecule has 1 aromatic carbocycles. The van der Waals surface area contributed by atoms with Crippen LogP contribution in [-0.2, 0) is 4.79 Å². The summed E-state index contributed by atoms with van der Waals surface area (Å²) in [5, 5.41) is 9.04. The number of carbonyl (C=O) groups is 2. The van der Waals surface area contributed by atoms with Gasteiger partial charge in [0, 0.05) is 36.7 Å². The van der Waals surface area contributed by atoms with E-state index in [9.17, 15) is 9.59 Å². The van der Waals surface area contributed by atoms with E-state index in [0.29, 0.717) is 41.8 Å². The largest absolute Gasteiger partial charge is 0.331 e. The molecule has 0 aliphatic carbocycles. The minimum atomic E-state index is -0.103. The summed E-state index contributed by atoms with van der Waals surface area (Å²) < 4.78 is 0.680. The normalized spacial score (nSPS) is 16.7. The summed E-state index contributed by atoms with van der Waals surface area (Å²) in [7, 11) is 0. The van der Waals surface area contributed by atoms with Crippen LogP contribution in [0.15, 0.2) is 58.1 Å². The third-order valence-corrected chi connectivity index (χ3v) is 5.19. The van der Waals surface area contributed by atoms with Gasteiger partial charge in [-0.1, -0.05) is 18.2 Å². The van der Waals surface area contributed by atoms with Gasteiger partial charge in [-0.15, -0.1) is 0 Å². The van der Waals surface area contributed by atoms with Crippen molar-refractivity contribution in [1.29, 1.82) is 5.26 Å². The second-order valence-corrected chi connectivity index (χ2v) is 7.11. The molecule has 0 atom stereocenters. The van der Waals surface area contributed by atoms with E-state index in [4.69, 9.17) is 5.26 Å². The van der Waals surface area contributed by atoms with E-state index in [1.807, 2.05) is 19.1 Å². The average Bonchev–Trinajstić information content (AvgIpc) is 3.21. The number of hydrogen-bond donors (Lipinski definition) is 0.